The summed E-state index contributed by atoms with van der Waals surface area (Å²) in [5.74, 6) is 0.0936. The van der Waals surface area contributed by atoms with E-state index in [-0.39, 0.29) is 11.9 Å². The average Bonchev–Trinajstić information content (AvgIpc) is 3.10. The first-order valence-corrected chi connectivity index (χ1v) is 7.64. The lowest BCUT2D eigenvalue weighted by atomic mass is 10.2. The number of nitrogens with one attached hydrogen (secondary N) is 2. The molecule has 108 valence electrons. The number of carbonyl (C=O) groups is 1. The van der Waals surface area contributed by atoms with Gasteiger partial charge in [-0.1, -0.05) is 0 Å². The van der Waals surface area contributed by atoms with Gasteiger partial charge in [0.2, 0.25) is 5.91 Å². The highest BCUT2D eigenvalue weighted by Crippen LogP contribution is 2.22. The second-order valence-corrected chi connectivity index (χ2v) is 5.89. The Morgan fingerprint density at radius 3 is 2.45 bits per heavy atom. The van der Waals surface area contributed by atoms with Gasteiger partial charge in [-0.25, -0.2) is 0 Å². The summed E-state index contributed by atoms with van der Waals surface area (Å²) in [6.45, 7) is 4.23. The van der Waals surface area contributed by atoms with Crippen LogP contribution in [0.25, 0.3) is 0 Å². The maximum Gasteiger partial charge on any atom is 0.242 e. The number of hydrogen-bond acceptors (Lipinski definition) is 3. The molecule has 1 saturated heterocycles. The fourth-order valence-corrected chi connectivity index (χ4v) is 2.61. The number of rotatable bonds is 5. The van der Waals surface area contributed by atoms with Gasteiger partial charge >= 0.3 is 0 Å². The molecule has 1 aromatic rings. The highest BCUT2D eigenvalue weighted by Gasteiger charge is 2.25. The van der Waals surface area contributed by atoms with E-state index < -0.39 is 0 Å². The predicted molar refractivity (Wildman–Crippen MR) is 82.1 cm³/mol. The Bertz CT molecular complexity index is 461. The fourth-order valence-electron chi connectivity index (χ4n) is 2.61. The van der Waals surface area contributed by atoms with Gasteiger partial charge in [0.15, 0.2) is 0 Å². The first-order chi connectivity index (χ1) is 9.72. The summed E-state index contributed by atoms with van der Waals surface area (Å²) in [7, 11) is 0. The molecule has 0 radical (unpaired) electrons. The van der Waals surface area contributed by atoms with Crippen molar-refractivity contribution in [1.82, 2.24) is 5.32 Å². The summed E-state index contributed by atoms with van der Waals surface area (Å²) in [5.41, 5.74) is 2.29. The number of hydrogen-bond donors (Lipinski definition) is 2. The molecular formula is C16H23N3O. The molecule has 1 aliphatic carbocycles. The summed E-state index contributed by atoms with van der Waals surface area (Å²) in [5, 5.41) is 6.28. The van der Waals surface area contributed by atoms with Gasteiger partial charge in [-0.2, -0.15) is 0 Å². The van der Waals surface area contributed by atoms with Crippen molar-refractivity contribution in [2.75, 3.05) is 23.3 Å². The van der Waals surface area contributed by atoms with E-state index >= 15 is 0 Å². The van der Waals surface area contributed by atoms with Crippen LogP contribution in [-0.4, -0.2) is 31.1 Å². The van der Waals surface area contributed by atoms with Crippen molar-refractivity contribution in [2.24, 2.45) is 0 Å². The summed E-state index contributed by atoms with van der Waals surface area (Å²) < 4.78 is 0. The highest BCUT2D eigenvalue weighted by atomic mass is 16.2. The van der Waals surface area contributed by atoms with Crippen LogP contribution in [0.3, 0.4) is 0 Å². The van der Waals surface area contributed by atoms with Crippen LogP contribution >= 0.6 is 0 Å². The minimum absolute atomic E-state index is 0.0936. The van der Waals surface area contributed by atoms with Gasteiger partial charge < -0.3 is 15.5 Å². The molecule has 1 heterocycles. The Morgan fingerprint density at radius 1 is 1.20 bits per heavy atom. The molecule has 2 fully saturated rings. The van der Waals surface area contributed by atoms with E-state index in [1.54, 1.807) is 0 Å². The third-order valence-electron chi connectivity index (χ3n) is 4.04. The Balaban J connectivity index is 1.55. The van der Waals surface area contributed by atoms with Crippen molar-refractivity contribution >= 4 is 17.3 Å². The largest absolute Gasteiger partial charge is 0.374 e. The van der Waals surface area contributed by atoms with Crippen molar-refractivity contribution in [1.29, 1.82) is 0 Å². The molecule has 20 heavy (non-hydrogen) atoms. The normalized spacial score (nSPS) is 19.8. The van der Waals surface area contributed by atoms with Crippen molar-refractivity contribution in [2.45, 2.75) is 44.7 Å². The first kappa shape index (κ1) is 13.3. The van der Waals surface area contributed by atoms with E-state index in [1.165, 1.54) is 18.5 Å². The minimum atomic E-state index is -0.187. The zero-order valence-electron chi connectivity index (χ0n) is 12.1. The molecule has 0 bridgehead atoms. The van der Waals surface area contributed by atoms with E-state index in [4.69, 9.17) is 0 Å². The molecule has 2 aliphatic rings. The lowest BCUT2D eigenvalue weighted by Crippen LogP contribution is -2.38. The minimum Gasteiger partial charge on any atom is -0.374 e. The van der Waals surface area contributed by atoms with Crippen LogP contribution in [0.2, 0.25) is 0 Å². The molecule has 1 unspecified atom stereocenters. The average molecular weight is 273 g/mol. The molecule has 1 saturated carbocycles. The lowest BCUT2D eigenvalue weighted by Gasteiger charge is -2.19. The molecule has 0 spiro atoms. The summed E-state index contributed by atoms with van der Waals surface area (Å²) in [6.07, 6.45) is 4.84. The molecular weight excluding hydrogens is 250 g/mol. The zero-order valence-corrected chi connectivity index (χ0v) is 12.1. The molecule has 4 nitrogen and oxygen atoms in total. The molecule has 3 rings (SSSR count). The first-order valence-electron chi connectivity index (χ1n) is 7.64. The molecule has 2 N–H and O–H groups in total. The summed E-state index contributed by atoms with van der Waals surface area (Å²) in [4.78, 5) is 14.3. The van der Waals surface area contributed by atoms with Gasteiger partial charge in [0.25, 0.3) is 0 Å². The second-order valence-electron chi connectivity index (χ2n) is 5.89. The van der Waals surface area contributed by atoms with Gasteiger partial charge in [0, 0.05) is 30.5 Å². The van der Waals surface area contributed by atoms with Gasteiger partial charge in [0.1, 0.15) is 6.04 Å². The maximum atomic E-state index is 11.9. The van der Waals surface area contributed by atoms with E-state index in [1.807, 2.05) is 6.92 Å². The van der Waals surface area contributed by atoms with E-state index in [0.717, 1.165) is 31.6 Å². The molecule has 1 aliphatic heterocycles. The van der Waals surface area contributed by atoms with Crippen LogP contribution in [0, 0.1) is 0 Å². The van der Waals surface area contributed by atoms with Crippen LogP contribution in [0.5, 0.6) is 0 Å². The Morgan fingerprint density at radius 2 is 1.85 bits per heavy atom. The monoisotopic (exact) mass is 273 g/mol. The van der Waals surface area contributed by atoms with Crippen LogP contribution < -0.4 is 15.5 Å². The fraction of sp³-hybridized carbons (Fsp3) is 0.562. The van der Waals surface area contributed by atoms with Crippen molar-refractivity contribution in [3.05, 3.63) is 24.3 Å². The van der Waals surface area contributed by atoms with E-state index in [0.29, 0.717) is 6.04 Å². The molecule has 1 aromatic carbocycles. The van der Waals surface area contributed by atoms with Gasteiger partial charge in [0.05, 0.1) is 0 Å². The molecule has 0 aromatic heterocycles. The number of anilines is 2. The van der Waals surface area contributed by atoms with E-state index in [2.05, 4.69) is 39.8 Å². The molecule has 4 heteroatoms. The standard InChI is InChI=1S/C16H23N3O/c1-12(16(20)18-14-4-5-14)17-13-6-8-15(9-7-13)19-10-2-3-11-19/h6-9,12,14,17H,2-5,10-11H2,1H3,(H,18,20). The number of benzene rings is 1. The van der Waals surface area contributed by atoms with Crippen LogP contribution in [0.15, 0.2) is 24.3 Å². The van der Waals surface area contributed by atoms with Crippen LogP contribution in [-0.2, 0) is 4.79 Å². The maximum absolute atomic E-state index is 11.9. The number of amides is 1. The molecule has 1 amide bonds. The van der Waals surface area contributed by atoms with Crippen molar-refractivity contribution in [3.8, 4) is 0 Å². The van der Waals surface area contributed by atoms with Crippen LogP contribution in [0.1, 0.15) is 32.6 Å². The zero-order chi connectivity index (χ0) is 13.9. The topological polar surface area (TPSA) is 44.4 Å². The highest BCUT2D eigenvalue weighted by molar-refractivity contribution is 5.84. The third-order valence-corrected chi connectivity index (χ3v) is 4.04. The lowest BCUT2D eigenvalue weighted by molar-refractivity contribution is -0.121. The second kappa shape index (κ2) is 5.73. The van der Waals surface area contributed by atoms with E-state index in [9.17, 15) is 4.79 Å². The Hall–Kier alpha value is -1.71. The third kappa shape index (κ3) is 3.24. The summed E-state index contributed by atoms with van der Waals surface area (Å²) in [6, 6.07) is 8.64. The van der Waals surface area contributed by atoms with Gasteiger partial charge in [-0.05, 0) is 56.9 Å². The number of carbonyl (C=O) groups excluding carboxylic acids is 1. The summed E-state index contributed by atoms with van der Waals surface area (Å²) >= 11 is 0. The number of nitrogens with zero attached hydrogens (tertiary/aromatic N) is 1. The van der Waals surface area contributed by atoms with Crippen LogP contribution in [0.4, 0.5) is 11.4 Å². The quantitative estimate of drug-likeness (QED) is 0.865. The van der Waals surface area contributed by atoms with Gasteiger partial charge in [-0.15, -0.1) is 0 Å². The van der Waals surface area contributed by atoms with Crippen molar-refractivity contribution < 1.29 is 4.79 Å². The SMILES string of the molecule is CC(Nc1ccc(N2CCCC2)cc1)C(=O)NC1CC1. The van der Waals surface area contributed by atoms with Crippen molar-refractivity contribution in [3.63, 3.8) is 0 Å². The van der Waals surface area contributed by atoms with Gasteiger partial charge in [-0.3, -0.25) is 4.79 Å². The predicted octanol–water partition coefficient (Wildman–Crippen LogP) is 2.37. The Kier molecular flexibility index (Phi) is 3.81. The Labute approximate surface area is 120 Å². The smallest absolute Gasteiger partial charge is 0.242 e. The molecule has 1 atom stereocenters.